The highest BCUT2D eigenvalue weighted by molar-refractivity contribution is 7.88. The highest BCUT2D eigenvalue weighted by Gasteiger charge is 2.36. The van der Waals surface area contributed by atoms with E-state index in [4.69, 9.17) is 5.73 Å². The quantitative estimate of drug-likeness (QED) is 0.637. The maximum absolute atomic E-state index is 11.5. The van der Waals surface area contributed by atoms with Gasteiger partial charge in [-0.3, -0.25) is 0 Å². The smallest absolute Gasteiger partial charge is 0.211 e. The summed E-state index contributed by atoms with van der Waals surface area (Å²) in [5, 5.41) is 3.92. The fourth-order valence-electron chi connectivity index (χ4n) is 1.96. The molecule has 1 fully saturated rings. The van der Waals surface area contributed by atoms with Gasteiger partial charge in [0.2, 0.25) is 10.0 Å². The molecule has 1 saturated heterocycles. The molecule has 15 heavy (non-hydrogen) atoms. The number of piperidine rings is 1. The van der Waals surface area contributed by atoms with E-state index in [1.54, 1.807) is 6.92 Å². The molecule has 0 saturated carbocycles. The Labute approximate surface area is 88.9 Å². The Morgan fingerprint density at radius 1 is 1.53 bits per heavy atom. The van der Waals surface area contributed by atoms with Gasteiger partial charge in [-0.15, -0.1) is 5.43 Å². The summed E-state index contributed by atoms with van der Waals surface area (Å²) in [6.45, 7) is 2.25. The van der Waals surface area contributed by atoms with Gasteiger partial charge in [-0.25, -0.2) is 8.42 Å². The number of hydrogen-bond donors (Lipinski definition) is 1. The third kappa shape index (κ3) is 1.61. The second kappa shape index (κ2) is 3.21. The van der Waals surface area contributed by atoms with E-state index in [0.29, 0.717) is 24.5 Å². The van der Waals surface area contributed by atoms with Crippen LogP contribution in [0.4, 0.5) is 0 Å². The zero-order chi connectivity index (χ0) is 11.2. The predicted octanol–water partition coefficient (Wildman–Crippen LogP) is -0.815. The van der Waals surface area contributed by atoms with E-state index in [1.807, 2.05) is 0 Å². The second-order valence-electron chi connectivity index (χ2n) is 3.75. The summed E-state index contributed by atoms with van der Waals surface area (Å²) in [5.74, 6) is 0.421. The SMILES string of the molecule is CC1C2=N[N]C(N)=C2CCN1S(C)(=O)=O. The van der Waals surface area contributed by atoms with Crippen molar-refractivity contribution in [1.82, 2.24) is 9.73 Å². The molecule has 2 aliphatic rings. The summed E-state index contributed by atoms with van der Waals surface area (Å²) in [4.78, 5) is 0. The predicted molar refractivity (Wildman–Crippen MR) is 56.4 cm³/mol. The summed E-state index contributed by atoms with van der Waals surface area (Å²) in [6.07, 6.45) is 1.79. The molecule has 2 heterocycles. The van der Waals surface area contributed by atoms with Crippen LogP contribution in [0.1, 0.15) is 13.3 Å². The average Bonchev–Trinajstić information content (AvgIpc) is 2.47. The van der Waals surface area contributed by atoms with Crippen LogP contribution in [0.3, 0.4) is 0 Å². The van der Waals surface area contributed by atoms with Crippen molar-refractivity contribution in [3.63, 3.8) is 0 Å². The maximum Gasteiger partial charge on any atom is 0.211 e. The van der Waals surface area contributed by atoms with Crippen molar-refractivity contribution < 1.29 is 8.42 Å². The van der Waals surface area contributed by atoms with Crippen LogP contribution in [0.15, 0.2) is 16.5 Å². The first-order valence-corrected chi connectivity index (χ1v) is 6.50. The summed E-state index contributed by atoms with van der Waals surface area (Å²) < 4.78 is 24.3. The standard InChI is InChI=1S/C8H13N4O2S/c1-5-7-6(8(9)11-10-7)3-4-12(5)15(2,13)14/h5H,3-4,9H2,1-2H3. The summed E-state index contributed by atoms with van der Waals surface area (Å²) in [7, 11) is -3.18. The minimum atomic E-state index is -3.18. The molecule has 1 radical (unpaired) electrons. The lowest BCUT2D eigenvalue weighted by molar-refractivity contribution is 0.385. The number of nitrogens with two attached hydrogens (primary N) is 1. The van der Waals surface area contributed by atoms with Gasteiger partial charge in [0.1, 0.15) is 0 Å². The lowest BCUT2D eigenvalue weighted by Crippen LogP contribution is -2.47. The van der Waals surface area contributed by atoms with Crippen molar-refractivity contribution in [3.8, 4) is 0 Å². The molecule has 1 atom stereocenters. The lowest BCUT2D eigenvalue weighted by atomic mass is 9.98. The van der Waals surface area contributed by atoms with Gasteiger partial charge in [0.05, 0.1) is 18.0 Å². The largest absolute Gasteiger partial charge is 0.382 e. The zero-order valence-electron chi connectivity index (χ0n) is 8.64. The van der Waals surface area contributed by atoms with Gasteiger partial charge >= 0.3 is 0 Å². The Bertz CT molecular complexity index is 451. The number of sulfonamides is 1. The molecule has 0 spiro atoms. The molecule has 7 heteroatoms. The van der Waals surface area contributed by atoms with Crippen LogP contribution in [-0.2, 0) is 10.0 Å². The van der Waals surface area contributed by atoms with Crippen LogP contribution in [-0.4, -0.2) is 37.3 Å². The van der Waals surface area contributed by atoms with Crippen LogP contribution >= 0.6 is 0 Å². The summed E-state index contributed by atoms with van der Waals surface area (Å²) >= 11 is 0. The number of rotatable bonds is 1. The Morgan fingerprint density at radius 3 is 2.80 bits per heavy atom. The first-order chi connectivity index (χ1) is 6.91. The fraction of sp³-hybridized carbons (Fsp3) is 0.625. The van der Waals surface area contributed by atoms with Gasteiger partial charge in [-0.2, -0.15) is 9.41 Å². The van der Waals surface area contributed by atoms with Crippen molar-refractivity contribution in [2.45, 2.75) is 19.4 Å². The fourth-order valence-corrected chi connectivity index (χ4v) is 3.05. The molecule has 0 amide bonds. The molecule has 0 aromatic carbocycles. The van der Waals surface area contributed by atoms with Gasteiger partial charge in [-0.05, 0) is 13.3 Å². The number of fused-ring (bicyclic) bond motifs is 1. The average molecular weight is 229 g/mol. The van der Waals surface area contributed by atoms with E-state index < -0.39 is 10.0 Å². The normalized spacial score (nSPS) is 27.3. The van der Waals surface area contributed by atoms with E-state index in [0.717, 1.165) is 5.57 Å². The molecule has 2 rings (SSSR count). The minimum absolute atomic E-state index is 0.270. The minimum Gasteiger partial charge on any atom is -0.382 e. The summed E-state index contributed by atoms with van der Waals surface area (Å²) in [6, 6.07) is -0.270. The van der Waals surface area contributed by atoms with Gasteiger partial charge in [0.25, 0.3) is 0 Å². The van der Waals surface area contributed by atoms with Gasteiger partial charge < -0.3 is 5.73 Å². The third-order valence-electron chi connectivity index (χ3n) is 2.72. The molecule has 0 aliphatic carbocycles. The van der Waals surface area contributed by atoms with Gasteiger partial charge in [-0.1, -0.05) is 0 Å². The van der Waals surface area contributed by atoms with E-state index >= 15 is 0 Å². The van der Waals surface area contributed by atoms with Crippen LogP contribution in [0.2, 0.25) is 0 Å². The highest BCUT2D eigenvalue weighted by Crippen LogP contribution is 2.25. The molecule has 0 aromatic rings. The highest BCUT2D eigenvalue weighted by atomic mass is 32.2. The third-order valence-corrected chi connectivity index (χ3v) is 4.07. The first-order valence-electron chi connectivity index (χ1n) is 4.65. The van der Waals surface area contributed by atoms with Crippen LogP contribution in [0.5, 0.6) is 0 Å². The molecule has 0 aromatic heterocycles. The summed E-state index contributed by atoms with van der Waals surface area (Å²) in [5.41, 5.74) is 11.0. The topological polar surface area (TPSA) is 89.9 Å². The molecular formula is C8H13N4O2S. The van der Waals surface area contributed by atoms with Crippen molar-refractivity contribution >= 4 is 15.7 Å². The number of hydrogen-bond acceptors (Lipinski definition) is 4. The Balaban J connectivity index is 2.34. The van der Waals surface area contributed by atoms with Gasteiger partial charge in [0, 0.05) is 12.1 Å². The van der Waals surface area contributed by atoms with E-state index in [2.05, 4.69) is 10.5 Å². The first kappa shape index (κ1) is 10.4. The molecule has 2 aliphatic heterocycles. The second-order valence-corrected chi connectivity index (χ2v) is 5.68. The van der Waals surface area contributed by atoms with Crippen molar-refractivity contribution in [2.24, 2.45) is 10.8 Å². The molecule has 2 N–H and O–H groups in total. The maximum atomic E-state index is 11.5. The van der Waals surface area contributed by atoms with Crippen LogP contribution in [0.25, 0.3) is 0 Å². The molecule has 6 nitrogen and oxygen atoms in total. The van der Waals surface area contributed by atoms with Crippen LogP contribution < -0.4 is 11.2 Å². The Morgan fingerprint density at radius 2 is 2.20 bits per heavy atom. The van der Waals surface area contributed by atoms with E-state index in [9.17, 15) is 8.42 Å². The number of nitrogens with zero attached hydrogens (tertiary/aromatic N) is 3. The van der Waals surface area contributed by atoms with Crippen molar-refractivity contribution in [2.75, 3.05) is 12.8 Å². The van der Waals surface area contributed by atoms with Crippen molar-refractivity contribution in [3.05, 3.63) is 11.4 Å². The Kier molecular flexibility index (Phi) is 2.23. The molecule has 83 valence electrons. The van der Waals surface area contributed by atoms with E-state index in [-0.39, 0.29) is 6.04 Å². The van der Waals surface area contributed by atoms with E-state index in [1.165, 1.54) is 10.6 Å². The van der Waals surface area contributed by atoms with Crippen molar-refractivity contribution in [1.29, 1.82) is 0 Å². The molecule has 1 unspecified atom stereocenters. The molecular weight excluding hydrogens is 216 g/mol. The van der Waals surface area contributed by atoms with Crippen LogP contribution in [0, 0.1) is 0 Å². The Hall–Kier alpha value is -1.08. The lowest BCUT2D eigenvalue weighted by Gasteiger charge is -2.31. The molecule has 0 bridgehead atoms. The monoisotopic (exact) mass is 229 g/mol. The zero-order valence-corrected chi connectivity index (χ0v) is 9.45. The van der Waals surface area contributed by atoms with Gasteiger partial charge in [0.15, 0.2) is 5.82 Å².